The summed E-state index contributed by atoms with van der Waals surface area (Å²) in [5.74, 6) is 0.616. The fourth-order valence-corrected chi connectivity index (χ4v) is 3.83. The van der Waals surface area contributed by atoms with E-state index in [1.165, 1.54) is 6.07 Å². The number of nitrogens with zero attached hydrogens (tertiary/aromatic N) is 4. The number of benzene rings is 1. The molecule has 3 heterocycles. The van der Waals surface area contributed by atoms with Gasteiger partial charge in [-0.1, -0.05) is 12.1 Å². The van der Waals surface area contributed by atoms with Gasteiger partial charge in [0.05, 0.1) is 6.54 Å². The lowest BCUT2D eigenvalue weighted by Crippen LogP contribution is -2.44. The molecule has 0 spiro atoms. The van der Waals surface area contributed by atoms with E-state index in [9.17, 15) is 14.0 Å². The van der Waals surface area contributed by atoms with Crippen LogP contribution in [0.3, 0.4) is 0 Å². The maximum atomic E-state index is 13.7. The molecule has 0 aliphatic carbocycles. The Morgan fingerprint density at radius 1 is 1.14 bits per heavy atom. The molecule has 0 N–H and O–H groups in total. The van der Waals surface area contributed by atoms with Crippen molar-refractivity contribution in [3.8, 4) is 5.88 Å². The zero-order valence-corrected chi connectivity index (χ0v) is 16.6. The van der Waals surface area contributed by atoms with Crippen molar-refractivity contribution in [1.29, 1.82) is 0 Å². The third kappa shape index (κ3) is 4.26. The van der Waals surface area contributed by atoms with Crippen molar-refractivity contribution in [3.63, 3.8) is 0 Å². The number of carbonyl (C=O) groups is 1. The first-order chi connectivity index (χ1) is 14.0. The molecule has 29 heavy (non-hydrogen) atoms. The molecule has 2 aliphatic rings. The zero-order valence-electron chi connectivity index (χ0n) is 16.6. The van der Waals surface area contributed by atoms with Gasteiger partial charge in [-0.3, -0.25) is 9.36 Å². The number of likely N-dealkylation sites (tertiary alicyclic amines) is 1. The number of aromatic nitrogens is 2. The van der Waals surface area contributed by atoms with Gasteiger partial charge in [0.25, 0.3) is 0 Å². The third-order valence-electron chi connectivity index (χ3n) is 5.51. The molecule has 2 aliphatic heterocycles. The van der Waals surface area contributed by atoms with Crippen LogP contribution in [0.25, 0.3) is 0 Å². The van der Waals surface area contributed by atoms with Crippen molar-refractivity contribution in [2.45, 2.75) is 39.3 Å². The van der Waals surface area contributed by atoms with Crippen LogP contribution >= 0.6 is 0 Å². The lowest BCUT2D eigenvalue weighted by Gasteiger charge is -2.32. The molecule has 1 aromatic carbocycles. The number of rotatable bonds is 5. The molecule has 1 fully saturated rings. The number of fused-ring (bicyclic) bond motifs is 1. The summed E-state index contributed by atoms with van der Waals surface area (Å²) in [5.41, 5.74) is 0.830. The molecule has 1 amide bonds. The number of halogens is 1. The molecular weight excluding hydrogens is 375 g/mol. The van der Waals surface area contributed by atoms with E-state index < -0.39 is 5.69 Å². The Labute approximate surface area is 168 Å². The summed E-state index contributed by atoms with van der Waals surface area (Å²) in [4.78, 5) is 32.9. The normalized spacial score (nSPS) is 16.1. The van der Waals surface area contributed by atoms with Gasteiger partial charge in [-0.15, -0.1) is 0 Å². The summed E-state index contributed by atoms with van der Waals surface area (Å²) in [6, 6.07) is 6.59. The maximum absolute atomic E-state index is 13.7. The number of amides is 1. The van der Waals surface area contributed by atoms with Crippen LogP contribution in [-0.4, -0.2) is 46.5 Å². The second-order valence-electron chi connectivity index (χ2n) is 7.62. The van der Waals surface area contributed by atoms with Crippen molar-refractivity contribution < 1.29 is 13.9 Å². The average molecular weight is 400 g/mol. The van der Waals surface area contributed by atoms with Gasteiger partial charge in [-0.2, -0.15) is 4.98 Å². The Bertz CT molecular complexity index is 969. The first kappa shape index (κ1) is 19.4. The topological polar surface area (TPSA) is 67.7 Å². The lowest BCUT2D eigenvalue weighted by atomic mass is 10.1. The first-order valence-electron chi connectivity index (χ1n) is 10.0. The Morgan fingerprint density at radius 3 is 2.69 bits per heavy atom. The lowest BCUT2D eigenvalue weighted by molar-refractivity contribution is -0.128. The number of hydrogen-bond acceptors (Lipinski definition) is 5. The van der Waals surface area contributed by atoms with Crippen LogP contribution in [0.4, 0.5) is 10.2 Å². The van der Waals surface area contributed by atoms with E-state index in [2.05, 4.69) is 4.98 Å². The van der Waals surface area contributed by atoms with E-state index in [0.717, 1.165) is 32.4 Å². The molecule has 4 rings (SSSR count). The average Bonchev–Trinajstić information content (AvgIpc) is 3.24. The minimum absolute atomic E-state index is 0.0813. The Balaban J connectivity index is 1.51. The van der Waals surface area contributed by atoms with Gasteiger partial charge >= 0.3 is 5.69 Å². The smallest absolute Gasteiger partial charge is 0.352 e. The molecule has 7 nitrogen and oxygen atoms in total. The van der Waals surface area contributed by atoms with Crippen LogP contribution in [-0.2, 0) is 17.9 Å². The summed E-state index contributed by atoms with van der Waals surface area (Å²) < 4.78 is 21.0. The van der Waals surface area contributed by atoms with Gasteiger partial charge in [-0.25, -0.2) is 9.18 Å². The number of ether oxygens (including phenoxy) is 1. The Kier molecular flexibility index (Phi) is 5.51. The molecule has 1 saturated heterocycles. The fourth-order valence-electron chi connectivity index (χ4n) is 3.83. The summed E-state index contributed by atoms with van der Waals surface area (Å²) >= 11 is 0. The van der Waals surface area contributed by atoms with Crippen LogP contribution in [0.2, 0.25) is 0 Å². The van der Waals surface area contributed by atoms with E-state index in [0.29, 0.717) is 30.0 Å². The number of hydrogen-bond donors (Lipinski definition) is 0. The molecule has 0 radical (unpaired) electrons. The Morgan fingerprint density at radius 2 is 1.93 bits per heavy atom. The number of carbonyl (C=O) groups excluding carboxylic acids is 1. The van der Waals surface area contributed by atoms with E-state index >= 15 is 0 Å². The molecule has 1 aromatic heterocycles. The van der Waals surface area contributed by atoms with Crippen molar-refractivity contribution in [2.75, 3.05) is 31.1 Å². The molecule has 0 atom stereocenters. The van der Waals surface area contributed by atoms with E-state index in [4.69, 9.17) is 4.74 Å². The van der Waals surface area contributed by atoms with Gasteiger partial charge in [-0.05, 0) is 43.4 Å². The second kappa shape index (κ2) is 8.23. The highest BCUT2D eigenvalue weighted by Gasteiger charge is 2.25. The van der Waals surface area contributed by atoms with Crippen LogP contribution in [0.5, 0.6) is 5.88 Å². The predicted octanol–water partition coefficient (Wildman–Crippen LogP) is 2.10. The monoisotopic (exact) mass is 400 g/mol. The first-order valence-corrected chi connectivity index (χ1v) is 10.0. The van der Waals surface area contributed by atoms with Gasteiger partial charge in [0.15, 0.2) is 0 Å². The molecule has 2 aromatic rings. The third-order valence-corrected chi connectivity index (χ3v) is 5.51. The minimum atomic E-state index is -0.397. The van der Waals surface area contributed by atoms with Crippen LogP contribution in [0, 0.1) is 12.7 Å². The van der Waals surface area contributed by atoms with Gasteiger partial charge in [0.2, 0.25) is 11.8 Å². The molecule has 154 valence electrons. The second-order valence-corrected chi connectivity index (χ2v) is 7.62. The minimum Gasteiger partial charge on any atom is -0.473 e. The standard InChI is InChI=1S/C21H25FN4O3/c1-15-5-6-16(11-17(15)22)14-29-18-12-19-25(9-4-10-26(19)21(28)23-18)13-20(27)24-7-2-3-8-24/h5-6,11-12H,2-4,7-10,13-14H2,1H3. The van der Waals surface area contributed by atoms with Crippen molar-refractivity contribution in [2.24, 2.45) is 0 Å². The zero-order chi connectivity index (χ0) is 20.4. The highest BCUT2D eigenvalue weighted by molar-refractivity contribution is 5.81. The summed E-state index contributed by atoms with van der Waals surface area (Å²) in [6.07, 6.45) is 2.87. The number of aryl methyl sites for hydroxylation is 1. The summed E-state index contributed by atoms with van der Waals surface area (Å²) in [7, 11) is 0. The highest BCUT2D eigenvalue weighted by Crippen LogP contribution is 2.23. The van der Waals surface area contributed by atoms with Crippen molar-refractivity contribution >= 4 is 11.7 Å². The predicted molar refractivity (Wildman–Crippen MR) is 107 cm³/mol. The van der Waals surface area contributed by atoms with E-state index in [1.807, 2.05) is 9.80 Å². The largest absolute Gasteiger partial charge is 0.473 e. The van der Waals surface area contributed by atoms with Gasteiger partial charge in [0.1, 0.15) is 18.2 Å². The molecular formula is C21H25FN4O3. The molecule has 0 saturated carbocycles. The fraction of sp³-hybridized carbons (Fsp3) is 0.476. The maximum Gasteiger partial charge on any atom is 0.352 e. The number of anilines is 1. The Hall–Kier alpha value is -2.90. The van der Waals surface area contributed by atoms with Crippen LogP contribution in [0.15, 0.2) is 29.1 Å². The van der Waals surface area contributed by atoms with Gasteiger partial charge < -0.3 is 14.5 Å². The highest BCUT2D eigenvalue weighted by atomic mass is 19.1. The summed E-state index contributed by atoms with van der Waals surface area (Å²) in [5, 5.41) is 0. The molecule has 0 unspecified atom stereocenters. The summed E-state index contributed by atoms with van der Waals surface area (Å²) in [6.45, 7) is 4.93. The molecule has 0 bridgehead atoms. The molecule has 8 heteroatoms. The van der Waals surface area contributed by atoms with Crippen molar-refractivity contribution in [3.05, 3.63) is 51.7 Å². The quantitative estimate of drug-likeness (QED) is 0.769. The van der Waals surface area contributed by atoms with Crippen LogP contribution < -0.4 is 15.3 Å². The SMILES string of the molecule is Cc1ccc(COc2cc3n(c(=O)n2)CCCN3CC(=O)N2CCCC2)cc1F. The van der Waals surface area contributed by atoms with Gasteiger partial charge in [0, 0.05) is 32.2 Å². The van der Waals surface area contributed by atoms with E-state index in [1.54, 1.807) is 29.7 Å². The van der Waals surface area contributed by atoms with Crippen molar-refractivity contribution in [1.82, 2.24) is 14.5 Å². The van der Waals surface area contributed by atoms with E-state index in [-0.39, 0.29) is 30.8 Å². The van der Waals surface area contributed by atoms with Crippen LogP contribution in [0.1, 0.15) is 30.4 Å².